The molecule has 0 atom stereocenters. The van der Waals surface area contributed by atoms with Crippen LogP contribution in [0.4, 0.5) is 5.69 Å². The van der Waals surface area contributed by atoms with Crippen LogP contribution in [0.1, 0.15) is 5.56 Å². The lowest BCUT2D eigenvalue weighted by atomic mass is 10.2. The van der Waals surface area contributed by atoms with Gasteiger partial charge < -0.3 is 9.64 Å². The molecule has 0 unspecified atom stereocenters. The van der Waals surface area contributed by atoms with Crippen molar-refractivity contribution in [1.29, 1.82) is 0 Å². The zero-order valence-electron chi connectivity index (χ0n) is 14.5. The number of rotatable bonds is 4. The zero-order valence-corrected chi connectivity index (χ0v) is 16.1. The largest absolute Gasteiger partial charge is 0.378 e. The first-order valence-electron chi connectivity index (χ1n) is 8.61. The first-order chi connectivity index (χ1) is 13.2. The molecular weight excluding hydrogens is 382 g/mol. The fraction of sp³-hybridized carbons (Fsp3) is 0.211. The summed E-state index contributed by atoms with van der Waals surface area (Å²) in [5, 5.41) is 12.2. The van der Waals surface area contributed by atoms with Gasteiger partial charge in [-0.2, -0.15) is 14.9 Å². The van der Waals surface area contributed by atoms with Crippen molar-refractivity contribution in [1.82, 2.24) is 14.9 Å². The van der Waals surface area contributed by atoms with Gasteiger partial charge in [-0.05, 0) is 42.0 Å². The number of H-pyrrole nitrogens is 1. The molecule has 1 aliphatic rings. The second-order valence-electron chi connectivity index (χ2n) is 6.11. The number of aromatic nitrogens is 3. The van der Waals surface area contributed by atoms with Gasteiger partial charge in [-0.1, -0.05) is 35.9 Å². The molecule has 2 aromatic carbocycles. The number of nitrogens with one attached hydrogen (secondary N) is 1. The predicted molar refractivity (Wildman–Crippen MR) is 110 cm³/mol. The van der Waals surface area contributed by atoms with E-state index in [-0.39, 0.29) is 0 Å². The third-order valence-corrected chi connectivity index (χ3v) is 4.82. The number of halogens is 1. The van der Waals surface area contributed by atoms with Crippen LogP contribution in [-0.4, -0.2) is 47.4 Å². The van der Waals surface area contributed by atoms with E-state index in [1.54, 1.807) is 10.9 Å². The maximum absolute atomic E-state index is 6.08. The molecule has 1 saturated heterocycles. The summed E-state index contributed by atoms with van der Waals surface area (Å²) in [5.41, 5.74) is 3.01. The number of morpholine rings is 1. The van der Waals surface area contributed by atoms with E-state index in [9.17, 15) is 0 Å². The van der Waals surface area contributed by atoms with Crippen molar-refractivity contribution in [3.63, 3.8) is 0 Å². The number of anilines is 1. The Balaban J connectivity index is 1.56. The standard InChI is InChI=1S/C19H18ClN5OS/c20-16-3-1-2-15(12-16)18-22-23-19(27)25(18)21-13-14-4-6-17(7-5-14)24-8-10-26-11-9-24/h1-7,12-13H,8-11H2,(H,23,27)/b21-13-. The molecule has 1 N–H and O–H groups in total. The Morgan fingerprint density at radius 3 is 2.67 bits per heavy atom. The summed E-state index contributed by atoms with van der Waals surface area (Å²) in [5.74, 6) is 0.615. The van der Waals surface area contributed by atoms with Crippen LogP contribution < -0.4 is 4.90 Å². The van der Waals surface area contributed by atoms with E-state index in [1.807, 2.05) is 36.4 Å². The summed E-state index contributed by atoms with van der Waals surface area (Å²) in [6, 6.07) is 15.7. The van der Waals surface area contributed by atoms with Gasteiger partial charge in [0.2, 0.25) is 4.77 Å². The molecule has 138 valence electrons. The summed E-state index contributed by atoms with van der Waals surface area (Å²) in [6.07, 6.45) is 1.77. The number of benzene rings is 2. The minimum Gasteiger partial charge on any atom is -0.378 e. The van der Waals surface area contributed by atoms with Crippen molar-refractivity contribution in [3.8, 4) is 11.4 Å². The van der Waals surface area contributed by atoms with Crippen LogP contribution in [-0.2, 0) is 4.74 Å². The molecule has 3 aromatic rings. The highest BCUT2D eigenvalue weighted by Crippen LogP contribution is 2.21. The Kier molecular flexibility index (Phi) is 5.33. The molecule has 0 radical (unpaired) electrons. The highest BCUT2D eigenvalue weighted by Gasteiger charge is 2.11. The molecule has 1 fully saturated rings. The first-order valence-corrected chi connectivity index (χ1v) is 9.40. The Hall–Kier alpha value is -2.48. The van der Waals surface area contributed by atoms with Gasteiger partial charge >= 0.3 is 0 Å². The van der Waals surface area contributed by atoms with Gasteiger partial charge in [-0.15, -0.1) is 0 Å². The van der Waals surface area contributed by atoms with Crippen molar-refractivity contribution in [2.75, 3.05) is 31.2 Å². The topological polar surface area (TPSA) is 58.4 Å². The van der Waals surface area contributed by atoms with E-state index < -0.39 is 0 Å². The molecule has 8 heteroatoms. The van der Waals surface area contributed by atoms with Crippen LogP contribution in [0.5, 0.6) is 0 Å². The van der Waals surface area contributed by atoms with Crippen LogP contribution in [0.15, 0.2) is 53.6 Å². The highest BCUT2D eigenvalue weighted by molar-refractivity contribution is 7.71. The van der Waals surface area contributed by atoms with Crippen LogP contribution in [0.2, 0.25) is 5.02 Å². The lowest BCUT2D eigenvalue weighted by Gasteiger charge is -2.28. The molecule has 4 rings (SSSR count). The molecule has 27 heavy (non-hydrogen) atoms. The van der Waals surface area contributed by atoms with Crippen molar-refractivity contribution < 1.29 is 4.74 Å². The van der Waals surface area contributed by atoms with Crippen LogP contribution >= 0.6 is 23.8 Å². The summed E-state index contributed by atoms with van der Waals surface area (Å²) in [6.45, 7) is 3.38. The van der Waals surface area contributed by atoms with E-state index in [1.165, 1.54) is 5.69 Å². The van der Waals surface area contributed by atoms with Gasteiger partial charge in [0.25, 0.3) is 0 Å². The van der Waals surface area contributed by atoms with E-state index in [4.69, 9.17) is 28.6 Å². The number of aromatic amines is 1. The predicted octanol–water partition coefficient (Wildman–Crippen LogP) is 3.98. The van der Waals surface area contributed by atoms with Gasteiger partial charge in [0.05, 0.1) is 19.4 Å². The lowest BCUT2D eigenvalue weighted by Crippen LogP contribution is -2.36. The van der Waals surface area contributed by atoms with Gasteiger partial charge in [0.15, 0.2) is 5.82 Å². The smallest absolute Gasteiger partial charge is 0.216 e. The molecule has 1 aliphatic heterocycles. The average Bonchev–Trinajstić information content (AvgIpc) is 3.08. The summed E-state index contributed by atoms with van der Waals surface area (Å²) in [7, 11) is 0. The molecule has 0 saturated carbocycles. The number of ether oxygens (including phenoxy) is 1. The maximum Gasteiger partial charge on any atom is 0.216 e. The number of nitrogens with zero attached hydrogens (tertiary/aromatic N) is 4. The summed E-state index contributed by atoms with van der Waals surface area (Å²) < 4.78 is 7.41. The zero-order chi connectivity index (χ0) is 18.6. The van der Waals surface area contributed by atoms with Gasteiger partial charge in [0, 0.05) is 29.4 Å². The fourth-order valence-electron chi connectivity index (χ4n) is 2.93. The summed E-state index contributed by atoms with van der Waals surface area (Å²) in [4.78, 5) is 2.31. The van der Waals surface area contributed by atoms with Crippen molar-refractivity contribution in [3.05, 3.63) is 63.9 Å². The van der Waals surface area contributed by atoms with E-state index in [2.05, 4.69) is 32.3 Å². The van der Waals surface area contributed by atoms with Crippen LogP contribution in [0.3, 0.4) is 0 Å². The minimum absolute atomic E-state index is 0.422. The number of hydrogen-bond acceptors (Lipinski definition) is 5. The van der Waals surface area contributed by atoms with Gasteiger partial charge in [0.1, 0.15) is 0 Å². The van der Waals surface area contributed by atoms with Crippen molar-refractivity contribution in [2.24, 2.45) is 5.10 Å². The average molecular weight is 400 g/mol. The Morgan fingerprint density at radius 1 is 1.15 bits per heavy atom. The van der Waals surface area contributed by atoms with Gasteiger partial charge in [-0.3, -0.25) is 0 Å². The molecule has 0 spiro atoms. The van der Waals surface area contributed by atoms with E-state index >= 15 is 0 Å². The third-order valence-electron chi connectivity index (χ3n) is 4.32. The highest BCUT2D eigenvalue weighted by atomic mass is 35.5. The molecule has 0 amide bonds. The first kappa shape index (κ1) is 17.9. The van der Waals surface area contributed by atoms with E-state index in [0.29, 0.717) is 15.6 Å². The second kappa shape index (κ2) is 8.04. The Bertz CT molecular complexity index is 1010. The maximum atomic E-state index is 6.08. The number of hydrogen-bond donors (Lipinski definition) is 1. The second-order valence-corrected chi connectivity index (χ2v) is 6.93. The normalized spacial score (nSPS) is 14.8. The lowest BCUT2D eigenvalue weighted by molar-refractivity contribution is 0.122. The Labute approximate surface area is 167 Å². The molecule has 6 nitrogen and oxygen atoms in total. The Morgan fingerprint density at radius 2 is 1.93 bits per heavy atom. The summed E-state index contributed by atoms with van der Waals surface area (Å²) >= 11 is 11.4. The van der Waals surface area contributed by atoms with Crippen LogP contribution in [0.25, 0.3) is 11.4 Å². The van der Waals surface area contributed by atoms with Crippen molar-refractivity contribution >= 4 is 35.7 Å². The third kappa shape index (κ3) is 4.10. The molecule has 0 bridgehead atoms. The molecule has 1 aromatic heterocycles. The van der Waals surface area contributed by atoms with Crippen LogP contribution in [0, 0.1) is 4.77 Å². The molecular formula is C19H18ClN5OS. The van der Waals surface area contributed by atoms with Crippen molar-refractivity contribution in [2.45, 2.75) is 0 Å². The monoisotopic (exact) mass is 399 g/mol. The van der Waals surface area contributed by atoms with E-state index in [0.717, 1.165) is 37.4 Å². The van der Waals surface area contributed by atoms with Gasteiger partial charge in [-0.25, -0.2) is 5.10 Å². The minimum atomic E-state index is 0.422. The fourth-order valence-corrected chi connectivity index (χ4v) is 3.30. The molecule has 2 heterocycles. The quantitative estimate of drug-likeness (QED) is 0.532. The SMILES string of the molecule is S=c1[nH]nc(-c2cccc(Cl)c2)n1/N=C\c1ccc(N2CCOCC2)cc1. The molecule has 0 aliphatic carbocycles.